The molecule has 0 bridgehead atoms. The Hall–Kier alpha value is -0.900. The van der Waals surface area contributed by atoms with Crippen molar-refractivity contribution in [3.8, 4) is 0 Å². The largest absolute Gasteiger partial charge is 0.393 e. The number of halogens is 1. The molecule has 2 rings (SSSR count). The van der Waals surface area contributed by atoms with Gasteiger partial charge < -0.3 is 5.11 Å². The second-order valence-corrected chi connectivity index (χ2v) is 6.10. The average molecular weight is 296 g/mol. The number of Topliss-reactive ketones (excluding diaryl/α,β-unsaturated/α-hetero) is 1. The summed E-state index contributed by atoms with van der Waals surface area (Å²) in [6.45, 7) is 5.53. The number of rotatable bonds is 4. The fourth-order valence-electron chi connectivity index (χ4n) is 2.84. The van der Waals surface area contributed by atoms with Gasteiger partial charge in [0.2, 0.25) is 0 Å². The topological polar surface area (TPSA) is 40.5 Å². The molecule has 1 aromatic carbocycles. The lowest BCUT2D eigenvalue weighted by molar-refractivity contribution is 0.0527. The first-order chi connectivity index (χ1) is 9.49. The predicted molar refractivity (Wildman–Crippen MR) is 81.2 cm³/mol. The van der Waals surface area contributed by atoms with Crippen LogP contribution in [0.3, 0.4) is 0 Å². The smallest absolute Gasteiger partial charge is 0.179 e. The normalized spacial score (nSPS) is 20.6. The molecule has 1 saturated heterocycles. The number of likely N-dealkylation sites (tertiary alicyclic amines) is 1. The number of carbonyl (C=O) groups excluding carboxylic acids is 1. The Kier molecular flexibility index (Phi) is 5.19. The fraction of sp³-hybridized carbons (Fsp3) is 0.562. The highest BCUT2D eigenvalue weighted by Crippen LogP contribution is 2.23. The van der Waals surface area contributed by atoms with Gasteiger partial charge in [-0.1, -0.05) is 23.7 Å². The van der Waals surface area contributed by atoms with Gasteiger partial charge in [-0.05, 0) is 57.8 Å². The van der Waals surface area contributed by atoms with Crippen LogP contribution < -0.4 is 0 Å². The molecule has 4 heteroatoms. The molecule has 1 N–H and O–H groups in total. The van der Waals surface area contributed by atoms with Gasteiger partial charge in [0.15, 0.2) is 5.78 Å². The lowest BCUT2D eigenvalue weighted by Gasteiger charge is -2.36. The second-order valence-electron chi connectivity index (χ2n) is 5.66. The number of hydrogen-bond donors (Lipinski definition) is 1. The van der Waals surface area contributed by atoms with Crippen LogP contribution in [0.15, 0.2) is 24.3 Å². The lowest BCUT2D eigenvalue weighted by Crippen LogP contribution is -2.45. The monoisotopic (exact) mass is 295 g/mol. The standard InChI is InChI=1S/C16H22ClNO2/c1-11(16(20)14-4-3-5-15(17)10-14)18-8-6-13(7-9-18)12(2)19/h3-5,10-13,19H,6-9H2,1-2H3. The minimum Gasteiger partial charge on any atom is -0.393 e. The van der Waals surface area contributed by atoms with E-state index in [4.69, 9.17) is 11.6 Å². The first-order valence-electron chi connectivity index (χ1n) is 7.21. The summed E-state index contributed by atoms with van der Waals surface area (Å²) in [7, 11) is 0. The van der Waals surface area contributed by atoms with Crippen LogP contribution in [0.25, 0.3) is 0 Å². The number of nitrogens with zero attached hydrogens (tertiary/aromatic N) is 1. The first-order valence-corrected chi connectivity index (χ1v) is 7.58. The van der Waals surface area contributed by atoms with Crippen LogP contribution in [-0.2, 0) is 0 Å². The molecule has 0 saturated carbocycles. The van der Waals surface area contributed by atoms with Crippen molar-refractivity contribution in [2.24, 2.45) is 5.92 Å². The molecule has 0 aliphatic carbocycles. The summed E-state index contributed by atoms with van der Waals surface area (Å²) < 4.78 is 0. The molecule has 1 aromatic rings. The minimum atomic E-state index is -0.254. The average Bonchev–Trinajstić information content (AvgIpc) is 2.46. The molecule has 2 atom stereocenters. The zero-order valence-corrected chi connectivity index (χ0v) is 12.8. The Bertz CT molecular complexity index is 467. The number of piperidine rings is 1. The summed E-state index contributed by atoms with van der Waals surface area (Å²) in [4.78, 5) is 14.7. The van der Waals surface area contributed by atoms with Gasteiger partial charge >= 0.3 is 0 Å². The summed E-state index contributed by atoms with van der Waals surface area (Å²) in [5, 5.41) is 10.2. The third-order valence-corrected chi connectivity index (χ3v) is 4.53. The molecule has 3 nitrogen and oxygen atoms in total. The van der Waals surface area contributed by atoms with Crippen molar-refractivity contribution in [1.82, 2.24) is 4.90 Å². The Morgan fingerprint density at radius 1 is 1.35 bits per heavy atom. The second kappa shape index (κ2) is 6.70. The molecule has 110 valence electrons. The summed E-state index contributed by atoms with van der Waals surface area (Å²) in [5.41, 5.74) is 0.669. The van der Waals surface area contributed by atoms with Gasteiger partial charge in [0.1, 0.15) is 0 Å². The lowest BCUT2D eigenvalue weighted by atomic mass is 9.91. The van der Waals surface area contributed by atoms with Gasteiger partial charge in [0.25, 0.3) is 0 Å². The third kappa shape index (κ3) is 3.60. The van der Waals surface area contributed by atoms with Gasteiger partial charge in [-0.2, -0.15) is 0 Å². The Labute approximate surface area is 125 Å². The van der Waals surface area contributed by atoms with E-state index in [0.717, 1.165) is 25.9 Å². The first kappa shape index (κ1) is 15.5. The number of benzene rings is 1. The van der Waals surface area contributed by atoms with Crippen molar-refractivity contribution < 1.29 is 9.90 Å². The van der Waals surface area contributed by atoms with Crippen LogP contribution in [0.4, 0.5) is 0 Å². The zero-order valence-electron chi connectivity index (χ0n) is 12.1. The van der Waals surface area contributed by atoms with Crippen molar-refractivity contribution in [3.05, 3.63) is 34.9 Å². The third-order valence-electron chi connectivity index (χ3n) is 4.29. The highest BCUT2D eigenvalue weighted by molar-refractivity contribution is 6.31. The van der Waals surface area contributed by atoms with E-state index in [1.807, 2.05) is 26.0 Å². The number of aliphatic hydroxyl groups excluding tert-OH is 1. The van der Waals surface area contributed by atoms with Crippen molar-refractivity contribution in [3.63, 3.8) is 0 Å². The predicted octanol–water partition coefficient (Wildman–Crippen LogP) is 3.00. The van der Waals surface area contributed by atoms with E-state index in [9.17, 15) is 9.90 Å². The Morgan fingerprint density at radius 2 is 2.00 bits per heavy atom. The maximum atomic E-state index is 12.5. The summed E-state index contributed by atoms with van der Waals surface area (Å²) in [6.07, 6.45) is 1.64. The summed E-state index contributed by atoms with van der Waals surface area (Å²) in [6, 6.07) is 6.98. The summed E-state index contributed by atoms with van der Waals surface area (Å²) >= 11 is 5.94. The van der Waals surface area contributed by atoms with Crippen LogP contribution in [0.2, 0.25) is 5.02 Å². The van der Waals surface area contributed by atoms with E-state index in [-0.39, 0.29) is 17.9 Å². The molecule has 0 radical (unpaired) electrons. The minimum absolute atomic E-state index is 0.114. The van der Waals surface area contributed by atoms with E-state index in [1.54, 1.807) is 12.1 Å². The van der Waals surface area contributed by atoms with E-state index in [0.29, 0.717) is 16.5 Å². The van der Waals surface area contributed by atoms with Gasteiger partial charge in [0, 0.05) is 10.6 Å². The quantitative estimate of drug-likeness (QED) is 0.868. The maximum absolute atomic E-state index is 12.5. The number of hydrogen-bond acceptors (Lipinski definition) is 3. The molecule has 1 aliphatic rings. The number of carbonyl (C=O) groups is 1. The van der Waals surface area contributed by atoms with Crippen molar-refractivity contribution in [2.75, 3.05) is 13.1 Å². The molecule has 1 aliphatic heterocycles. The zero-order chi connectivity index (χ0) is 14.7. The van der Waals surface area contributed by atoms with Crippen LogP contribution in [-0.4, -0.2) is 41.0 Å². The Balaban J connectivity index is 1.98. The van der Waals surface area contributed by atoms with E-state index in [2.05, 4.69) is 4.90 Å². The van der Waals surface area contributed by atoms with Crippen molar-refractivity contribution in [2.45, 2.75) is 38.8 Å². The molecule has 2 unspecified atom stereocenters. The van der Waals surface area contributed by atoms with Gasteiger partial charge in [-0.25, -0.2) is 0 Å². The van der Waals surface area contributed by atoms with Crippen molar-refractivity contribution >= 4 is 17.4 Å². The van der Waals surface area contributed by atoms with Crippen LogP contribution in [0.5, 0.6) is 0 Å². The molecule has 1 fully saturated rings. The molecule has 0 aromatic heterocycles. The summed E-state index contributed by atoms with van der Waals surface area (Å²) in [5.74, 6) is 0.475. The molecular formula is C16H22ClNO2. The van der Waals surface area contributed by atoms with Gasteiger partial charge in [-0.15, -0.1) is 0 Å². The Morgan fingerprint density at radius 3 is 2.55 bits per heavy atom. The van der Waals surface area contributed by atoms with Crippen LogP contribution in [0, 0.1) is 5.92 Å². The molecular weight excluding hydrogens is 274 g/mol. The van der Waals surface area contributed by atoms with E-state index in [1.165, 1.54) is 0 Å². The highest BCUT2D eigenvalue weighted by atomic mass is 35.5. The van der Waals surface area contributed by atoms with E-state index < -0.39 is 0 Å². The molecule has 0 amide bonds. The number of aliphatic hydroxyl groups is 1. The van der Waals surface area contributed by atoms with E-state index >= 15 is 0 Å². The van der Waals surface area contributed by atoms with Crippen LogP contribution >= 0.6 is 11.6 Å². The van der Waals surface area contributed by atoms with Crippen LogP contribution in [0.1, 0.15) is 37.0 Å². The highest BCUT2D eigenvalue weighted by Gasteiger charge is 2.28. The van der Waals surface area contributed by atoms with Crippen molar-refractivity contribution in [1.29, 1.82) is 0 Å². The fourth-order valence-corrected chi connectivity index (χ4v) is 3.03. The maximum Gasteiger partial charge on any atom is 0.179 e. The number of ketones is 1. The molecule has 1 heterocycles. The molecule has 20 heavy (non-hydrogen) atoms. The SMILES string of the molecule is CC(O)C1CCN(C(C)C(=O)c2cccc(Cl)c2)CC1. The van der Waals surface area contributed by atoms with Gasteiger partial charge in [-0.3, -0.25) is 9.69 Å². The molecule has 0 spiro atoms. The van der Waals surface area contributed by atoms with Gasteiger partial charge in [0.05, 0.1) is 12.1 Å².